The number of ether oxygens (including phenoxy) is 1. The van der Waals surface area contributed by atoms with Gasteiger partial charge >= 0.3 is 0 Å². The number of halogens is 2. The summed E-state index contributed by atoms with van der Waals surface area (Å²) >= 11 is 6.59. The molecule has 9 heteroatoms. The van der Waals surface area contributed by atoms with Crippen molar-refractivity contribution in [3.63, 3.8) is 0 Å². The molecule has 0 aliphatic heterocycles. The summed E-state index contributed by atoms with van der Waals surface area (Å²) in [5.74, 6) is -0.667. The molecule has 0 saturated heterocycles. The molecule has 0 bridgehead atoms. The van der Waals surface area contributed by atoms with E-state index in [2.05, 4.69) is 47.7 Å². The topological polar surface area (TPSA) is 100 Å². The van der Waals surface area contributed by atoms with Gasteiger partial charge in [0, 0.05) is 14.5 Å². The summed E-state index contributed by atoms with van der Waals surface area (Å²) in [5, 5.41) is 16.4. The van der Waals surface area contributed by atoms with E-state index in [9.17, 15) is 14.7 Å². The molecule has 0 atom stereocenters. The Hall–Kier alpha value is -2.39. The molecule has 7 nitrogen and oxygen atoms in total. The second-order valence-corrected chi connectivity index (χ2v) is 7.00. The summed E-state index contributed by atoms with van der Waals surface area (Å²) in [5.41, 5.74) is 3.08. The maximum absolute atomic E-state index is 12.0. The molecule has 2 aromatic rings. The number of amides is 2. The number of nitrogens with zero attached hydrogens (tertiary/aromatic N) is 1. The van der Waals surface area contributed by atoms with Gasteiger partial charge in [0.2, 0.25) is 0 Å². The highest BCUT2D eigenvalue weighted by Crippen LogP contribution is 2.32. The van der Waals surface area contributed by atoms with Crippen LogP contribution in [0, 0.1) is 0 Å². The molecule has 3 N–H and O–H groups in total. The second-order valence-electron chi connectivity index (χ2n) is 5.23. The van der Waals surface area contributed by atoms with Gasteiger partial charge in [0.25, 0.3) is 11.8 Å². The first-order chi connectivity index (χ1) is 12.9. The third kappa shape index (κ3) is 6.07. The minimum absolute atomic E-state index is 0.0831. The number of carbonyl (C=O) groups excluding carboxylic acids is 2. The second kappa shape index (κ2) is 10.1. The van der Waals surface area contributed by atoms with Crippen molar-refractivity contribution < 1.29 is 19.4 Å². The summed E-state index contributed by atoms with van der Waals surface area (Å²) in [6.07, 6.45) is 1.29. The Morgan fingerprint density at radius 1 is 1.26 bits per heavy atom. The third-order valence-corrected chi connectivity index (χ3v) is 4.44. The van der Waals surface area contributed by atoms with E-state index in [1.54, 1.807) is 43.3 Å². The van der Waals surface area contributed by atoms with Gasteiger partial charge in [-0.25, -0.2) is 5.43 Å². The Morgan fingerprint density at radius 2 is 2.00 bits per heavy atom. The molecule has 142 valence electrons. The molecule has 0 spiro atoms. The van der Waals surface area contributed by atoms with Crippen LogP contribution < -0.4 is 15.5 Å². The molecule has 2 rings (SSSR count). The van der Waals surface area contributed by atoms with E-state index in [-0.39, 0.29) is 18.2 Å². The number of hydrogen-bond donors (Lipinski definition) is 3. The SMILES string of the molecule is CCOc1cc(Br)cc(C=NNC(=O)CNC(=O)c2ccccc2Br)c1O. The molecular formula is C18H17Br2N3O4. The summed E-state index contributed by atoms with van der Waals surface area (Å²) in [6, 6.07) is 10.2. The average Bonchev–Trinajstić information content (AvgIpc) is 2.64. The Balaban J connectivity index is 1.92. The van der Waals surface area contributed by atoms with E-state index < -0.39 is 5.91 Å². The van der Waals surface area contributed by atoms with Crippen molar-refractivity contribution in [2.75, 3.05) is 13.2 Å². The lowest BCUT2D eigenvalue weighted by atomic mass is 10.2. The molecule has 0 saturated carbocycles. The molecule has 0 aromatic heterocycles. The number of phenolic OH excluding ortho intramolecular Hbond substituents is 1. The smallest absolute Gasteiger partial charge is 0.259 e. The predicted molar refractivity (Wildman–Crippen MR) is 109 cm³/mol. The molecule has 27 heavy (non-hydrogen) atoms. The molecule has 2 amide bonds. The fourth-order valence-corrected chi connectivity index (χ4v) is 2.99. The lowest BCUT2D eigenvalue weighted by Crippen LogP contribution is -2.35. The number of phenols is 1. The van der Waals surface area contributed by atoms with Crippen molar-refractivity contribution in [1.82, 2.24) is 10.7 Å². The van der Waals surface area contributed by atoms with Gasteiger partial charge in [-0.2, -0.15) is 5.10 Å². The Kier molecular flexibility index (Phi) is 7.81. The zero-order valence-corrected chi connectivity index (χ0v) is 17.5. The molecule has 0 aliphatic rings. The van der Waals surface area contributed by atoms with Crippen LogP contribution in [0.25, 0.3) is 0 Å². The number of carbonyl (C=O) groups is 2. The van der Waals surface area contributed by atoms with Crippen LogP contribution in [0.3, 0.4) is 0 Å². The first kappa shape index (κ1) is 20.9. The van der Waals surface area contributed by atoms with Crippen LogP contribution in [-0.4, -0.2) is 36.3 Å². The lowest BCUT2D eigenvalue weighted by Gasteiger charge is -2.09. The van der Waals surface area contributed by atoms with Crippen LogP contribution >= 0.6 is 31.9 Å². The Morgan fingerprint density at radius 3 is 2.70 bits per heavy atom. The van der Waals surface area contributed by atoms with E-state index in [0.29, 0.717) is 32.4 Å². The normalized spacial score (nSPS) is 10.6. The number of hydrogen-bond acceptors (Lipinski definition) is 5. The van der Waals surface area contributed by atoms with Crippen molar-refractivity contribution in [3.8, 4) is 11.5 Å². The van der Waals surface area contributed by atoms with Crippen LogP contribution in [0.2, 0.25) is 0 Å². The summed E-state index contributed by atoms with van der Waals surface area (Å²) in [6.45, 7) is 1.96. The highest BCUT2D eigenvalue weighted by Gasteiger charge is 2.11. The van der Waals surface area contributed by atoms with Gasteiger partial charge in [-0.05, 0) is 47.1 Å². The Labute approximate surface area is 173 Å². The molecule has 0 aliphatic carbocycles. The number of benzene rings is 2. The monoisotopic (exact) mass is 497 g/mol. The highest BCUT2D eigenvalue weighted by atomic mass is 79.9. The van der Waals surface area contributed by atoms with Crippen LogP contribution in [-0.2, 0) is 4.79 Å². The first-order valence-corrected chi connectivity index (χ1v) is 9.51. The van der Waals surface area contributed by atoms with Gasteiger partial charge in [0.15, 0.2) is 11.5 Å². The molecule has 2 aromatic carbocycles. The van der Waals surface area contributed by atoms with Gasteiger partial charge in [-0.3, -0.25) is 9.59 Å². The zero-order chi connectivity index (χ0) is 19.8. The number of hydrazone groups is 1. The largest absolute Gasteiger partial charge is 0.504 e. The number of rotatable bonds is 7. The van der Waals surface area contributed by atoms with Gasteiger partial charge in [-0.1, -0.05) is 28.1 Å². The van der Waals surface area contributed by atoms with Crippen LogP contribution in [0.1, 0.15) is 22.8 Å². The molecule has 0 heterocycles. The lowest BCUT2D eigenvalue weighted by molar-refractivity contribution is -0.120. The van der Waals surface area contributed by atoms with Crippen molar-refractivity contribution in [3.05, 3.63) is 56.5 Å². The van der Waals surface area contributed by atoms with Gasteiger partial charge in [0.1, 0.15) is 0 Å². The molecule has 0 radical (unpaired) electrons. The zero-order valence-electron chi connectivity index (χ0n) is 14.3. The highest BCUT2D eigenvalue weighted by molar-refractivity contribution is 9.10. The van der Waals surface area contributed by atoms with Crippen molar-refractivity contribution in [2.24, 2.45) is 5.10 Å². The van der Waals surface area contributed by atoms with E-state index in [4.69, 9.17) is 4.74 Å². The summed E-state index contributed by atoms with van der Waals surface area (Å²) in [4.78, 5) is 23.9. The van der Waals surface area contributed by atoms with E-state index in [1.165, 1.54) is 6.21 Å². The molecular weight excluding hydrogens is 482 g/mol. The summed E-state index contributed by atoms with van der Waals surface area (Å²) < 4.78 is 6.65. The molecule has 0 unspecified atom stereocenters. The maximum atomic E-state index is 12.0. The van der Waals surface area contributed by atoms with E-state index in [1.807, 2.05) is 0 Å². The van der Waals surface area contributed by atoms with Gasteiger partial charge < -0.3 is 15.2 Å². The minimum Gasteiger partial charge on any atom is -0.504 e. The van der Waals surface area contributed by atoms with Crippen LogP contribution in [0.4, 0.5) is 0 Å². The quantitative estimate of drug-likeness (QED) is 0.403. The standard InChI is InChI=1S/C18H17Br2N3O4/c1-2-27-15-8-12(19)7-11(17(15)25)9-22-23-16(24)10-21-18(26)13-5-3-4-6-14(13)20/h3-9,25H,2,10H2,1H3,(H,21,26)(H,23,24). The average molecular weight is 499 g/mol. The van der Waals surface area contributed by atoms with Crippen LogP contribution in [0.5, 0.6) is 11.5 Å². The van der Waals surface area contributed by atoms with Crippen molar-refractivity contribution >= 4 is 49.9 Å². The maximum Gasteiger partial charge on any atom is 0.259 e. The first-order valence-electron chi connectivity index (χ1n) is 7.92. The number of aromatic hydroxyl groups is 1. The Bertz CT molecular complexity index is 872. The predicted octanol–water partition coefficient (Wildman–Crippen LogP) is 3.20. The fraction of sp³-hybridized carbons (Fsp3) is 0.167. The van der Waals surface area contributed by atoms with Gasteiger partial charge in [0.05, 0.1) is 24.9 Å². The van der Waals surface area contributed by atoms with E-state index >= 15 is 0 Å². The summed E-state index contributed by atoms with van der Waals surface area (Å²) in [7, 11) is 0. The third-order valence-electron chi connectivity index (χ3n) is 3.29. The van der Waals surface area contributed by atoms with Crippen LogP contribution in [0.15, 0.2) is 50.4 Å². The number of nitrogens with one attached hydrogen (secondary N) is 2. The molecule has 0 fully saturated rings. The van der Waals surface area contributed by atoms with Gasteiger partial charge in [-0.15, -0.1) is 0 Å². The van der Waals surface area contributed by atoms with Crippen molar-refractivity contribution in [1.29, 1.82) is 0 Å². The van der Waals surface area contributed by atoms with Crippen molar-refractivity contribution in [2.45, 2.75) is 6.92 Å². The van der Waals surface area contributed by atoms with E-state index in [0.717, 1.165) is 0 Å². The fourth-order valence-electron chi connectivity index (χ4n) is 2.07. The minimum atomic E-state index is -0.508.